The maximum atomic E-state index is 5.58. The minimum atomic E-state index is 0.301. The minimum Gasteiger partial charge on any atom is -0.369 e. The van der Waals surface area contributed by atoms with Crippen molar-refractivity contribution >= 4 is 11.8 Å². The van der Waals surface area contributed by atoms with Gasteiger partial charge in [-0.2, -0.15) is 4.98 Å². The third-order valence-electron chi connectivity index (χ3n) is 2.93. The molecular weight excluding hydrogens is 224 g/mol. The molecule has 0 fully saturated rings. The molecule has 2 aromatic rings. The van der Waals surface area contributed by atoms with Crippen molar-refractivity contribution in [2.45, 2.75) is 19.8 Å². The first kappa shape index (κ1) is 12.4. The van der Waals surface area contributed by atoms with Crippen LogP contribution in [0.3, 0.4) is 0 Å². The van der Waals surface area contributed by atoms with E-state index in [9.17, 15) is 0 Å². The Hall–Kier alpha value is -2.10. The molecule has 1 heterocycles. The molecule has 18 heavy (non-hydrogen) atoms. The molecule has 0 saturated heterocycles. The lowest BCUT2D eigenvalue weighted by atomic mass is 10.0. The number of nitrogens with two attached hydrogens (primary N) is 1. The van der Waals surface area contributed by atoms with Gasteiger partial charge in [-0.05, 0) is 18.4 Å². The molecular formula is C14H18N4. The molecule has 4 heteroatoms. The Labute approximate surface area is 107 Å². The van der Waals surface area contributed by atoms with E-state index in [4.69, 9.17) is 5.73 Å². The fourth-order valence-corrected chi connectivity index (χ4v) is 1.78. The molecule has 2 rings (SSSR count). The molecule has 0 spiro atoms. The number of hydrogen-bond acceptors (Lipinski definition) is 4. The molecule has 0 amide bonds. The fourth-order valence-electron chi connectivity index (χ4n) is 1.78. The summed E-state index contributed by atoms with van der Waals surface area (Å²) in [6.45, 7) is 4.97. The van der Waals surface area contributed by atoms with Gasteiger partial charge in [-0.25, -0.2) is 4.98 Å². The number of nitrogens with one attached hydrogen (secondary N) is 1. The molecule has 0 radical (unpaired) electrons. The second-order valence-electron chi connectivity index (χ2n) is 4.45. The number of anilines is 2. The summed E-state index contributed by atoms with van der Waals surface area (Å²) in [6, 6.07) is 10.4. The maximum absolute atomic E-state index is 5.58. The zero-order valence-corrected chi connectivity index (χ0v) is 10.7. The summed E-state index contributed by atoms with van der Waals surface area (Å²) in [6.07, 6.45) is 1.73. The van der Waals surface area contributed by atoms with Gasteiger partial charge in [0.1, 0.15) is 5.82 Å². The zero-order chi connectivity index (χ0) is 13.0. The number of nitrogens with zero attached hydrogens (tertiary/aromatic N) is 2. The molecule has 1 aromatic carbocycles. The lowest BCUT2D eigenvalue weighted by molar-refractivity contribution is 0.800. The van der Waals surface area contributed by atoms with Crippen LogP contribution >= 0.6 is 0 Å². The Morgan fingerprint density at radius 2 is 2.00 bits per heavy atom. The molecule has 0 saturated carbocycles. The van der Waals surface area contributed by atoms with E-state index in [0.717, 1.165) is 17.9 Å². The van der Waals surface area contributed by atoms with E-state index in [1.54, 1.807) is 6.20 Å². The van der Waals surface area contributed by atoms with E-state index in [0.29, 0.717) is 11.9 Å². The fraction of sp³-hybridized carbons (Fsp3) is 0.286. The number of benzene rings is 1. The van der Waals surface area contributed by atoms with Crippen molar-refractivity contribution in [2.75, 3.05) is 17.6 Å². The van der Waals surface area contributed by atoms with E-state index in [1.165, 1.54) is 5.56 Å². The van der Waals surface area contributed by atoms with Gasteiger partial charge in [0, 0.05) is 18.3 Å². The van der Waals surface area contributed by atoms with Crippen molar-refractivity contribution in [3.8, 4) is 0 Å². The Morgan fingerprint density at radius 1 is 1.28 bits per heavy atom. The van der Waals surface area contributed by atoms with Gasteiger partial charge in [0.2, 0.25) is 5.95 Å². The van der Waals surface area contributed by atoms with Gasteiger partial charge in [-0.15, -0.1) is 0 Å². The number of aryl methyl sites for hydroxylation is 1. The Morgan fingerprint density at radius 3 is 2.72 bits per heavy atom. The van der Waals surface area contributed by atoms with Gasteiger partial charge in [-0.3, -0.25) is 0 Å². The molecule has 0 aliphatic rings. The molecule has 3 N–H and O–H groups in total. The van der Waals surface area contributed by atoms with Crippen molar-refractivity contribution < 1.29 is 0 Å². The highest BCUT2D eigenvalue weighted by Gasteiger charge is 2.06. The van der Waals surface area contributed by atoms with E-state index >= 15 is 0 Å². The van der Waals surface area contributed by atoms with Crippen LogP contribution in [0.15, 0.2) is 36.5 Å². The van der Waals surface area contributed by atoms with Crippen molar-refractivity contribution in [1.82, 2.24) is 9.97 Å². The summed E-state index contributed by atoms with van der Waals surface area (Å²) in [5.41, 5.74) is 7.90. The van der Waals surface area contributed by atoms with Crippen molar-refractivity contribution in [2.24, 2.45) is 0 Å². The lowest BCUT2D eigenvalue weighted by Gasteiger charge is -2.14. The van der Waals surface area contributed by atoms with Crippen molar-refractivity contribution in [3.63, 3.8) is 0 Å². The summed E-state index contributed by atoms with van der Waals surface area (Å²) < 4.78 is 0. The van der Waals surface area contributed by atoms with Gasteiger partial charge in [0.05, 0.1) is 0 Å². The first-order valence-electron chi connectivity index (χ1n) is 6.04. The summed E-state index contributed by atoms with van der Waals surface area (Å²) >= 11 is 0. The van der Waals surface area contributed by atoms with Crippen molar-refractivity contribution in [1.29, 1.82) is 0 Å². The van der Waals surface area contributed by atoms with Crippen LogP contribution in [0.5, 0.6) is 0 Å². The quantitative estimate of drug-likeness (QED) is 0.865. The van der Waals surface area contributed by atoms with Crippen LogP contribution in [0.1, 0.15) is 24.0 Å². The van der Waals surface area contributed by atoms with E-state index < -0.39 is 0 Å². The number of nitrogen functional groups attached to an aromatic ring is 1. The predicted molar refractivity (Wildman–Crippen MR) is 74.5 cm³/mol. The smallest absolute Gasteiger partial charge is 0.221 e. The highest BCUT2D eigenvalue weighted by molar-refractivity contribution is 5.45. The van der Waals surface area contributed by atoms with Gasteiger partial charge >= 0.3 is 0 Å². The van der Waals surface area contributed by atoms with Crippen LogP contribution in [0.2, 0.25) is 0 Å². The van der Waals surface area contributed by atoms with Crippen LogP contribution in [0, 0.1) is 6.92 Å². The summed E-state index contributed by atoms with van der Waals surface area (Å²) in [7, 11) is 0. The maximum Gasteiger partial charge on any atom is 0.221 e. The summed E-state index contributed by atoms with van der Waals surface area (Å²) in [4.78, 5) is 8.15. The van der Waals surface area contributed by atoms with E-state index in [2.05, 4.69) is 46.5 Å². The van der Waals surface area contributed by atoms with E-state index in [-0.39, 0.29) is 0 Å². The monoisotopic (exact) mass is 242 g/mol. The molecule has 1 unspecified atom stereocenters. The highest BCUT2D eigenvalue weighted by Crippen LogP contribution is 2.17. The molecule has 0 aliphatic carbocycles. The largest absolute Gasteiger partial charge is 0.369 e. The Bertz CT molecular complexity index is 510. The number of aromatic nitrogens is 2. The van der Waals surface area contributed by atoms with Crippen molar-refractivity contribution in [3.05, 3.63) is 47.7 Å². The van der Waals surface area contributed by atoms with Crippen LogP contribution in [0.25, 0.3) is 0 Å². The first-order valence-corrected chi connectivity index (χ1v) is 6.04. The first-order chi connectivity index (χ1) is 8.66. The summed E-state index contributed by atoms with van der Waals surface area (Å²) in [5.74, 6) is 1.53. The molecule has 0 bridgehead atoms. The molecule has 1 aromatic heterocycles. The van der Waals surface area contributed by atoms with Crippen LogP contribution in [-0.4, -0.2) is 16.5 Å². The average molecular weight is 242 g/mol. The van der Waals surface area contributed by atoms with Crippen LogP contribution < -0.4 is 11.1 Å². The normalized spacial score (nSPS) is 12.1. The predicted octanol–water partition coefficient (Wildman–Crippen LogP) is 2.58. The Balaban J connectivity index is 2.01. The second-order valence-corrected chi connectivity index (χ2v) is 4.45. The molecule has 1 atom stereocenters. The van der Waals surface area contributed by atoms with Crippen LogP contribution in [0.4, 0.5) is 11.8 Å². The lowest BCUT2D eigenvalue weighted by Crippen LogP contribution is -2.12. The van der Waals surface area contributed by atoms with Gasteiger partial charge < -0.3 is 11.1 Å². The number of rotatable bonds is 4. The SMILES string of the molecule is Cc1cnc(N)nc1NCC(C)c1ccccc1. The molecule has 0 aliphatic heterocycles. The van der Waals surface area contributed by atoms with Gasteiger partial charge in [-0.1, -0.05) is 37.3 Å². The number of hydrogen-bond donors (Lipinski definition) is 2. The highest BCUT2D eigenvalue weighted by atomic mass is 15.1. The molecule has 4 nitrogen and oxygen atoms in total. The van der Waals surface area contributed by atoms with E-state index in [1.807, 2.05) is 13.0 Å². The standard InChI is InChI=1S/C14H18N4/c1-10(12-6-4-3-5-7-12)8-16-13-11(2)9-17-14(15)18-13/h3-7,9-10H,8H2,1-2H3,(H3,15,16,17,18). The second kappa shape index (κ2) is 5.49. The third kappa shape index (κ3) is 2.97. The topological polar surface area (TPSA) is 63.8 Å². The average Bonchev–Trinajstić information content (AvgIpc) is 2.40. The van der Waals surface area contributed by atoms with Gasteiger partial charge in [0.25, 0.3) is 0 Å². The minimum absolute atomic E-state index is 0.301. The third-order valence-corrected chi connectivity index (χ3v) is 2.93. The zero-order valence-electron chi connectivity index (χ0n) is 10.7. The molecule has 94 valence electrons. The Kier molecular flexibility index (Phi) is 3.77. The summed E-state index contributed by atoms with van der Waals surface area (Å²) in [5, 5.41) is 3.32. The van der Waals surface area contributed by atoms with Gasteiger partial charge in [0.15, 0.2) is 0 Å². The van der Waals surface area contributed by atoms with Crippen LogP contribution in [-0.2, 0) is 0 Å².